The van der Waals surface area contributed by atoms with Crippen molar-refractivity contribution in [3.63, 3.8) is 0 Å². The fourth-order valence-electron chi connectivity index (χ4n) is 4.19. The number of rotatable bonds is 18. The molecule has 190 valence electrons. The lowest BCUT2D eigenvalue weighted by molar-refractivity contribution is -0.122. The molecule has 5 heteroatoms. The van der Waals surface area contributed by atoms with Crippen molar-refractivity contribution >= 4 is 12.1 Å². The summed E-state index contributed by atoms with van der Waals surface area (Å²) in [5.41, 5.74) is 3.71. The van der Waals surface area contributed by atoms with E-state index < -0.39 is 0 Å². The van der Waals surface area contributed by atoms with E-state index in [1.807, 2.05) is 30.2 Å². The second-order valence-electron chi connectivity index (χ2n) is 9.19. The van der Waals surface area contributed by atoms with Crippen LogP contribution < -0.4 is 10.1 Å². The minimum absolute atomic E-state index is 0.107. The highest BCUT2D eigenvalue weighted by atomic mass is 16.5. The Bertz CT molecular complexity index is 924. The summed E-state index contributed by atoms with van der Waals surface area (Å²) in [6.07, 6.45) is 9.21. The highest BCUT2D eigenvalue weighted by Gasteiger charge is 2.21. The molecule has 1 atom stereocenters. The van der Waals surface area contributed by atoms with E-state index in [1.54, 1.807) is 13.0 Å². The number of nitrogens with one attached hydrogen (secondary N) is 1. The summed E-state index contributed by atoms with van der Waals surface area (Å²) in [6.45, 7) is 10.4. The first kappa shape index (κ1) is 28.5. The Kier molecular flexibility index (Phi) is 13.0. The van der Waals surface area contributed by atoms with E-state index in [0.29, 0.717) is 30.9 Å². The van der Waals surface area contributed by atoms with Crippen LogP contribution in [-0.2, 0) is 24.5 Å². The number of aldehydes is 1. The molecule has 0 aliphatic carbocycles. The van der Waals surface area contributed by atoms with Crippen LogP contribution in [0.25, 0.3) is 0 Å². The van der Waals surface area contributed by atoms with E-state index in [9.17, 15) is 9.59 Å². The maximum atomic E-state index is 12.2. The van der Waals surface area contributed by atoms with Crippen LogP contribution in [0.2, 0.25) is 0 Å². The Hall–Kier alpha value is -2.76. The Morgan fingerprint density at radius 1 is 1.11 bits per heavy atom. The molecule has 0 radical (unpaired) electrons. The summed E-state index contributed by atoms with van der Waals surface area (Å²) in [6, 6.07) is 13.7. The smallest absolute Gasteiger partial charge is 0.150 e. The number of carbonyl (C=O) groups excluding carboxylic acids is 2. The van der Waals surface area contributed by atoms with Crippen LogP contribution in [0.1, 0.15) is 79.4 Å². The molecule has 1 N–H and O–H groups in total. The van der Waals surface area contributed by atoms with Crippen molar-refractivity contribution in [3.8, 4) is 5.75 Å². The quantitative estimate of drug-likeness (QED) is 0.159. The average Bonchev–Trinajstić information content (AvgIpc) is 2.86. The molecule has 0 saturated carbocycles. The minimum Gasteiger partial charge on any atom is -0.489 e. The zero-order chi connectivity index (χ0) is 25.5. The molecule has 0 heterocycles. The molecule has 0 amide bonds. The molecule has 0 aromatic heterocycles. The zero-order valence-corrected chi connectivity index (χ0v) is 21.7. The highest BCUT2D eigenvalue weighted by molar-refractivity contribution is 5.81. The summed E-state index contributed by atoms with van der Waals surface area (Å²) in [5, 5.41) is 3.51. The van der Waals surface area contributed by atoms with Crippen LogP contribution in [0.5, 0.6) is 5.75 Å². The van der Waals surface area contributed by atoms with Crippen LogP contribution >= 0.6 is 0 Å². The highest BCUT2D eigenvalue weighted by Crippen LogP contribution is 2.25. The number of carbonyl (C=O) groups is 2. The number of ketones is 1. The topological polar surface area (TPSA) is 58.6 Å². The molecule has 2 aromatic carbocycles. The van der Waals surface area contributed by atoms with Crippen molar-refractivity contribution in [2.75, 3.05) is 13.6 Å². The van der Waals surface area contributed by atoms with E-state index in [4.69, 9.17) is 4.74 Å². The van der Waals surface area contributed by atoms with Crippen molar-refractivity contribution < 1.29 is 14.3 Å². The molecule has 5 nitrogen and oxygen atoms in total. The van der Waals surface area contributed by atoms with Gasteiger partial charge in [0.05, 0.1) is 6.04 Å². The van der Waals surface area contributed by atoms with E-state index in [2.05, 4.69) is 43.1 Å². The molecular weight excluding hydrogens is 436 g/mol. The standard InChI is InChI=1S/C30H42N2O3/c1-5-7-9-10-19-31-20-25-15-17-26(18-16-25)23-35-30-14-11-12-27(22-33)28(30)21-32(4)29(24(3)34)13-8-6-2/h6,11-12,14-18,22,29,31H,2,5,7-10,13,19-21,23H2,1,3-4H3. The molecule has 1 unspecified atom stereocenters. The molecule has 0 saturated heterocycles. The molecule has 35 heavy (non-hydrogen) atoms. The fourth-order valence-corrected chi connectivity index (χ4v) is 4.19. The number of likely N-dealkylation sites (N-methyl/N-ethyl adjacent to an activating group) is 1. The summed E-state index contributed by atoms with van der Waals surface area (Å²) in [7, 11) is 1.91. The van der Waals surface area contributed by atoms with Crippen molar-refractivity contribution in [1.82, 2.24) is 10.2 Å². The van der Waals surface area contributed by atoms with E-state index >= 15 is 0 Å². The summed E-state index contributed by atoms with van der Waals surface area (Å²) in [5.74, 6) is 0.779. The van der Waals surface area contributed by atoms with Crippen molar-refractivity contribution in [1.29, 1.82) is 0 Å². The number of benzene rings is 2. The van der Waals surface area contributed by atoms with Gasteiger partial charge in [-0.3, -0.25) is 14.5 Å². The van der Waals surface area contributed by atoms with Gasteiger partial charge in [-0.2, -0.15) is 0 Å². The number of nitrogens with zero attached hydrogens (tertiary/aromatic N) is 1. The second kappa shape index (κ2) is 16.0. The number of hydrogen-bond acceptors (Lipinski definition) is 5. The zero-order valence-electron chi connectivity index (χ0n) is 21.7. The summed E-state index contributed by atoms with van der Waals surface area (Å²) < 4.78 is 6.16. The molecule has 0 aliphatic heterocycles. The third-order valence-electron chi connectivity index (χ3n) is 6.30. The predicted molar refractivity (Wildman–Crippen MR) is 144 cm³/mol. The van der Waals surface area contributed by atoms with Gasteiger partial charge in [-0.05, 0) is 57.0 Å². The maximum absolute atomic E-state index is 12.2. The molecule has 0 bridgehead atoms. The van der Waals surface area contributed by atoms with Crippen LogP contribution in [0.4, 0.5) is 0 Å². The third-order valence-corrected chi connectivity index (χ3v) is 6.30. The van der Waals surface area contributed by atoms with Crippen LogP contribution in [0.3, 0.4) is 0 Å². The van der Waals surface area contributed by atoms with E-state index in [1.165, 1.54) is 31.2 Å². The van der Waals surface area contributed by atoms with Crippen LogP contribution in [0, 0.1) is 0 Å². The van der Waals surface area contributed by atoms with Gasteiger partial charge in [0.1, 0.15) is 18.1 Å². The molecule has 0 spiro atoms. The van der Waals surface area contributed by atoms with Crippen molar-refractivity contribution in [2.24, 2.45) is 0 Å². The lowest BCUT2D eigenvalue weighted by Gasteiger charge is -2.27. The lowest BCUT2D eigenvalue weighted by atomic mass is 10.0. The maximum Gasteiger partial charge on any atom is 0.150 e. The van der Waals surface area contributed by atoms with Gasteiger partial charge in [0, 0.05) is 24.2 Å². The van der Waals surface area contributed by atoms with Crippen molar-refractivity contribution in [3.05, 3.63) is 77.4 Å². The molecule has 2 aromatic rings. The SMILES string of the molecule is C=CCCC(C(C)=O)N(C)Cc1c(C=O)cccc1OCc1ccc(CNCCCCCC)cc1. The molecule has 2 rings (SSSR count). The Morgan fingerprint density at radius 3 is 2.51 bits per heavy atom. The summed E-state index contributed by atoms with van der Waals surface area (Å²) in [4.78, 5) is 25.9. The molecule has 0 aliphatic rings. The minimum atomic E-state index is -0.228. The fraction of sp³-hybridized carbons (Fsp3) is 0.467. The number of allylic oxidation sites excluding steroid dienone is 1. The van der Waals surface area contributed by atoms with Crippen LogP contribution in [-0.4, -0.2) is 36.6 Å². The van der Waals surface area contributed by atoms with Gasteiger partial charge in [0.25, 0.3) is 0 Å². The Balaban J connectivity index is 2.00. The Labute approximate surface area is 211 Å². The Morgan fingerprint density at radius 2 is 1.86 bits per heavy atom. The van der Waals surface area contributed by atoms with Crippen LogP contribution in [0.15, 0.2) is 55.1 Å². The lowest BCUT2D eigenvalue weighted by Crippen LogP contribution is -2.37. The predicted octanol–water partition coefficient (Wildman–Crippen LogP) is 6.10. The van der Waals surface area contributed by atoms with Gasteiger partial charge in [0.15, 0.2) is 6.29 Å². The van der Waals surface area contributed by atoms with E-state index in [0.717, 1.165) is 36.9 Å². The van der Waals surface area contributed by atoms with Gasteiger partial charge >= 0.3 is 0 Å². The third kappa shape index (κ3) is 9.79. The van der Waals surface area contributed by atoms with Gasteiger partial charge < -0.3 is 10.1 Å². The number of ether oxygens (including phenoxy) is 1. The first-order valence-corrected chi connectivity index (χ1v) is 12.8. The summed E-state index contributed by atoms with van der Waals surface area (Å²) >= 11 is 0. The van der Waals surface area contributed by atoms with E-state index in [-0.39, 0.29) is 11.8 Å². The molecule has 0 fully saturated rings. The van der Waals surface area contributed by atoms with Gasteiger partial charge in [-0.25, -0.2) is 0 Å². The first-order valence-electron chi connectivity index (χ1n) is 12.8. The second-order valence-corrected chi connectivity index (χ2v) is 9.19. The van der Waals surface area contributed by atoms with Gasteiger partial charge in [-0.15, -0.1) is 6.58 Å². The normalized spacial score (nSPS) is 11.9. The first-order chi connectivity index (χ1) is 17.0. The molecular formula is C30H42N2O3. The number of unbranched alkanes of at least 4 members (excludes halogenated alkanes) is 3. The largest absolute Gasteiger partial charge is 0.489 e. The number of Topliss-reactive ketones (excluding diaryl/α,β-unsaturated/α-hetero) is 1. The van der Waals surface area contributed by atoms with Gasteiger partial charge in [0.2, 0.25) is 0 Å². The average molecular weight is 479 g/mol. The number of hydrogen-bond donors (Lipinski definition) is 1. The van der Waals surface area contributed by atoms with Crippen molar-refractivity contribution in [2.45, 2.75) is 78.1 Å². The monoisotopic (exact) mass is 478 g/mol. The van der Waals surface area contributed by atoms with Gasteiger partial charge in [-0.1, -0.05) is 68.7 Å².